The van der Waals surface area contributed by atoms with Crippen LogP contribution in [0, 0.1) is 5.41 Å². The molecule has 0 aliphatic carbocycles. The van der Waals surface area contributed by atoms with Crippen LogP contribution in [-0.2, 0) is 13.6 Å². The molecular weight excluding hydrogens is 272 g/mol. The van der Waals surface area contributed by atoms with E-state index in [2.05, 4.69) is 62.3 Å². The molecular formula is C18H28N4. The maximum atomic E-state index is 4.53. The van der Waals surface area contributed by atoms with Crippen molar-refractivity contribution < 1.29 is 0 Å². The van der Waals surface area contributed by atoms with Crippen molar-refractivity contribution in [3.8, 4) is 11.3 Å². The molecule has 1 aromatic carbocycles. The van der Waals surface area contributed by atoms with Gasteiger partial charge in [0, 0.05) is 24.7 Å². The van der Waals surface area contributed by atoms with Crippen LogP contribution in [0.2, 0.25) is 0 Å². The van der Waals surface area contributed by atoms with Crippen LogP contribution in [-0.4, -0.2) is 20.5 Å². The van der Waals surface area contributed by atoms with E-state index in [1.807, 2.05) is 25.2 Å². The zero-order chi connectivity index (χ0) is 16.4. The smallest absolute Gasteiger partial charge is 0.117 e. The Morgan fingerprint density at radius 3 is 2.23 bits per heavy atom. The number of nitrogens with zero attached hydrogens (tertiary/aromatic N) is 3. The van der Waals surface area contributed by atoms with Gasteiger partial charge in [0.1, 0.15) is 11.4 Å². The molecule has 0 spiro atoms. The summed E-state index contributed by atoms with van der Waals surface area (Å²) in [5, 5.41) is 12.7. The molecule has 0 radical (unpaired) electrons. The molecule has 4 nitrogen and oxygen atoms in total. The molecule has 0 aliphatic rings. The van der Waals surface area contributed by atoms with Crippen molar-refractivity contribution in [3.63, 3.8) is 0 Å². The highest BCUT2D eigenvalue weighted by atomic mass is 15.5. The summed E-state index contributed by atoms with van der Waals surface area (Å²) in [5.41, 5.74) is 3.42. The highest BCUT2D eigenvalue weighted by Gasteiger charge is 2.25. The van der Waals surface area contributed by atoms with Gasteiger partial charge in [0.25, 0.3) is 0 Å². The monoisotopic (exact) mass is 300 g/mol. The average molecular weight is 300 g/mol. The number of aryl methyl sites for hydroxylation is 1. The summed E-state index contributed by atoms with van der Waals surface area (Å²) in [6.07, 6.45) is 1.10. The largest absolute Gasteiger partial charge is 0.306 e. The molecule has 2 aromatic rings. The SMILES string of the molecule is Cn1nc(CNC(C)(C)CC(C)(C)C)c(-c2ccccc2)n1. The summed E-state index contributed by atoms with van der Waals surface area (Å²) in [7, 11) is 1.87. The van der Waals surface area contributed by atoms with Gasteiger partial charge >= 0.3 is 0 Å². The van der Waals surface area contributed by atoms with Crippen molar-refractivity contribution in [3.05, 3.63) is 36.0 Å². The third kappa shape index (κ3) is 4.67. The Bertz CT molecular complexity index is 606. The number of benzene rings is 1. The first-order chi connectivity index (χ1) is 10.2. The molecule has 1 aromatic heterocycles. The van der Waals surface area contributed by atoms with Crippen LogP contribution in [0.1, 0.15) is 46.7 Å². The van der Waals surface area contributed by atoms with E-state index in [4.69, 9.17) is 0 Å². The molecule has 0 amide bonds. The van der Waals surface area contributed by atoms with Gasteiger partial charge in [-0.15, -0.1) is 0 Å². The number of hydrogen-bond acceptors (Lipinski definition) is 3. The zero-order valence-corrected chi connectivity index (χ0v) is 14.6. The molecule has 1 heterocycles. The van der Waals surface area contributed by atoms with Gasteiger partial charge in [-0.1, -0.05) is 51.1 Å². The van der Waals surface area contributed by atoms with Crippen molar-refractivity contribution in [2.45, 2.75) is 53.1 Å². The van der Waals surface area contributed by atoms with Crippen molar-refractivity contribution in [1.82, 2.24) is 20.3 Å². The third-order valence-corrected chi connectivity index (χ3v) is 3.54. The first kappa shape index (κ1) is 16.7. The first-order valence-corrected chi connectivity index (χ1v) is 7.87. The van der Waals surface area contributed by atoms with E-state index >= 15 is 0 Å². The predicted molar refractivity (Wildman–Crippen MR) is 91.4 cm³/mol. The van der Waals surface area contributed by atoms with Crippen LogP contribution in [0.5, 0.6) is 0 Å². The molecule has 0 bridgehead atoms. The fourth-order valence-corrected chi connectivity index (χ4v) is 3.10. The maximum Gasteiger partial charge on any atom is 0.117 e. The minimum Gasteiger partial charge on any atom is -0.306 e. The van der Waals surface area contributed by atoms with E-state index in [1.54, 1.807) is 4.80 Å². The Kier molecular flexibility index (Phi) is 4.71. The Morgan fingerprint density at radius 1 is 1.00 bits per heavy atom. The lowest BCUT2D eigenvalue weighted by molar-refractivity contribution is 0.240. The summed E-state index contributed by atoms with van der Waals surface area (Å²) in [6.45, 7) is 12.0. The van der Waals surface area contributed by atoms with E-state index in [-0.39, 0.29) is 5.54 Å². The summed E-state index contributed by atoms with van der Waals surface area (Å²) in [5.74, 6) is 0. The van der Waals surface area contributed by atoms with Gasteiger partial charge in [-0.25, -0.2) is 0 Å². The molecule has 0 unspecified atom stereocenters. The van der Waals surface area contributed by atoms with E-state index in [0.717, 1.165) is 29.9 Å². The minimum atomic E-state index is 0.0593. The molecule has 2 rings (SSSR count). The highest BCUT2D eigenvalue weighted by molar-refractivity contribution is 5.60. The molecule has 0 saturated heterocycles. The number of aromatic nitrogens is 3. The highest BCUT2D eigenvalue weighted by Crippen LogP contribution is 2.27. The van der Waals surface area contributed by atoms with Gasteiger partial charge in [0.2, 0.25) is 0 Å². The predicted octanol–water partition coefficient (Wildman–Crippen LogP) is 3.79. The number of rotatable bonds is 5. The van der Waals surface area contributed by atoms with Crippen molar-refractivity contribution in [2.75, 3.05) is 0 Å². The van der Waals surface area contributed by atoms with Gasteiger partial charge in [-0.05, 0) is 25.7 Å². The molecule has 0 aliphatic heterocycles. The normalized spacial score (nSPS) is 12.6. The lowest BCUT2D eigenvalue weighted by Gasteiger charge is -2.33. The lowest BCUT2D eigenvalue weighted by Crippen LogP contribution is -2.42. The van der Waals surface area contributed by atoms with Crippen LogP contribution in [0.15, 0.2) is 30.3 Å². The van der Waals surface area contributed by atoms with Gasteiger partial charge in [0.15, 0.2) is 0 Å². The van der Waals surface area contributed by atoms with Gasteiger partial charge < -0.3 is 5.32 Å². The van der Waals surface area contributed by atoms with E-state index in [9.17, 15) is 0 Å². The number of hydrogen-bond donors (Lipinski definition) is 1. The quantitative estimate of drug-likeness (QED) is 0.913. The topological polar surface area (TPSA) is 42.7 Å². The van der Waals surface area contributed by atoms with Crippen molar-refractivity contribution in [2.24, 2.45) is 12.5 Å². The van der Waals surface area contributed by atoms with Crippen LogP contribution in [0.25, 0.3) is 11.3 Å². The van der Waals surface area contributed by atoms with E-state index < -0.39 is 0 Å². The zero-order valence-electron chi connectivity index (χ0n) is 14.6. The maximum absolute atomic E-state index is 4.53. The third-order valence-electron chi connectivity index (χ3n) is 3.54. The fraction of sp³-hybridized carbons (Fsp3) is 0.556. The first-order valence-electron chi connectivity index (χ1n) is 7.87. The van der Waals surface area contributed by atoms with Gasteiger partial charge in [-0.2, -0.15) is 15.0 Å². The van der Waals surface area contributed by atoms with Crippen LogP contribution < -0.4 is 5.32 Å². The molecule has 0 saturated carbocycles. The molecule has 0 fully saturated rings. The lowest BCUT2D eigenvalue weighted by atomic mass is 9.82. The summed E-state index contributed by atoms with van der Waals surface area (Å²) >= 11 is 0. The van der Waals surface area contributed by atoms with Crippen LogP contribution >= 0.6 is 0 Å². The second kappa shape index (κ2) is 6.21. The fourth-order valence-electron chi connectivity index (χ4n) is 3.10. The Morgan fingerprint density at radius 2 is 1.64 bits per heavy atom. The molecule has 22 heavy (non-hydrogen) atoms. The number of nitrogens with one attached hydrogen (secondary N) is 1. The Balaban J connectivity index is 2.14. The molecule has 0 atom stereocenters. The van der Waals surface area contributed by atoms with Gasteiger partial charge in [-0.3, -0.25) is 0 Å². The summed E-state index contributed by atoms with van der Waals surface area (Å²) < 4.78 is 0. The van der Waals surface area contributed by atoms with Crippen LogP contribution in [0.3, 0.4) is 0 Å². The Hall–Kier alpha value is -1.68. The molecule has 120 valence electrons. The molecule has 4 heteroatoms. The van der Waals surface area contributed by atoms with E-state index in [1.165, 1.54) is 0 Å². The summed E-state index contributed by atoms with van der Waals surface area (Å²) in [4.78, 5) is 1.65. The van der Waals surface area contributed by atoms with Gasteiger partial charge in [0.05, 0.1) is 0 Å². The Labute approximate surface area is 133 Å². The standard InChI is InChI=1S/C18H28N4/c1-17(2,3)13-18(4,5)19-12-15-16(21-22(6)20-15)14-10-8-7-9-11-14/h7-11,19H,12-13H2,1-6H3. The second-order valence-corrected chi connectivity index (χ2v) is 7.83. The van der Waals surface area contributed by atoms with E-state index in [0.29, 0.717) is 5.41 Å². The molecule has 1 N–H and O–H groups in total. The van der Waals surface area contributed by atoms with Crippen LogP contribution in [0.4, 0.5) is 0 Å². The van der Waals surface area contributed by atoms with Crippen molar-refractivity contribution in [1.29, 1.82) is 0 Å². The van der Waals surface area contributed by atoms with Crippen molar-refractivity contribution >= 4 is 0 Å². The second-order valence-electron chi connectivity index (χ2n) is 7.83. The average Bonchev–Trinajstić information content (AvgIpc) is 2.76. The minimum absolute atomic E-state index is 0.0593. The summed E-state index contributed by atoms with van der Waals surface area (Å²) in [6, 6.07) is 10.2.